The van der Waals surface area contributed by atoms with Gasteiger partial charge in [-0.1, -0.05) is 35.9 Å². The summed E-state index contributed by atoms with van der Waals surface area (Å²) in [6.07, 6.45) is 19.9. The molecule has 0 unspecified atom stereocenters. The van der Waals surface area contributed by atoms with E-state index in [9.17, 15) is 5.26 Å². The van der Waals surface area contributed by atoms with Crippen LogP contribution in [0.4, 0.5) is 5.69 Å². The van der Waals surface area contributed by atoms with E-state index in [0.29, 0.717) is 5.02 Å². The molecule has 0 radical (unpaired) electrons. The van der Waals surface area contributed by atoms with Gasteiger partial charge in [0.2, 0.25) is 6.19 Å². The predicted molar refractivity (Wildman–Crippen MR) is 123 cm³/mol. The van der Waals surface area contributed by atoms with Crippen molar-refractivity contribution < 1.29 is 0 Å². The van der Waals surface area contributed by atoms with Crippen LogP contribution in [0.25, 0.3) is 0 Å². The van der Waals surface area contributed by atoms with Crippen LogP contribution < -0.4 is 5.01 Å². The number of hydrogen-bond acceptors (Lipinski definition) is 3. The number of anilines is 1. The Morgan fingerprint density at radius 2 is 1.55 bits per heavy atom. The maximum absolute atomic E-state index is 10.4. The van der Waals surface area contributed by atoms with Crippen molar-refractivity contribution in [2.75, 3.05) is 5.01 Å². The molecule has 7 rings (SSSR count). The van der Waals surface area contributed by atoms with Crippen molar-refractivity contribution in [3.63, 3.8) is 0 Å². The molecule has 31 heavy (non-hydrogen) atoms. The fourth-order valence-electron chi connectivity index (χ4n) is 6.73. The Hall–Kier alpha value is -2.96. The van der Waals surface area contributed by atoms with Gasteiger partial charge in [-0.15, -0.1) is 0 Å². The molecule has 0 atom stereocenters. The van der Waals surface area contributed by atoms with Gasteiger partial charge in [-0.25, -0.2) is 0 Å². The van der Waals surface area contributed by atoms with E-state index >= 15 is 0 Å². The van der Waals surface area contributed by atoms with Crippen molar-refractivity contribution in [3.8, 4) is 6.19 Å². The molecule has 0 aromatic heterocycles. The van der Waals surface area contributed by atoms with Gasteiger partial charge in [0.15, 0.2) is 0 Å². The summed E-state index contributed by atoms with van der Waals surface area (Å²) in [5, 5.41) is 15.3. The quantitative estimate of drug-likeness (QED) is 0.473. The summed E-state index contributed by atoms with van der Waals surface area (Å²) in [6.45, 7) is 0. The Kier molecular flexibility index (Phi) is 3.45. The summed E-state index contributed by atoms with van der Waals surface area (Å²) in [5.41, 5.74) is 11.6. The molecule has 0 amide bonds. The lowest BCUT2D eigenvalue weighted by molar-refractivity contribution is 0.440. The topological polar surface area (TPSA) is 30.3 Å². The molecule has 5 aliphatic carbocycles. The first-order valence-electron chi connectivity index (χ1n) is 11.3. The highest BCUT2D eigenvalue weighted by Crippen LogP contribution is 2.66. The highest BCUT2D eigenvalue weighted by atomic mass is 35.5. The van der Waals surface area contributed by atoms with Gasteiger partial charge in [0.1, 0.15) is 5.54 Å². The van der Waals surface area contributed by atoms with Crippen LogP contribution in [0, 0.1) is 11.5 Å². The van der Waals surface area contributed by atoms with Gasteiger partial charge < -0.3 is 0 Å². The van der Waals surface area contributed by atoms with E-state index in [1.165, 1.54) is 40.7 Å². The highest BCUT2D eigenvalue weighted by Gasteiger charge is 2.64. The summed E-state index contributed by atoms with van der Waals surface area (Å²) in [7, 11) is 0. The SMILES string of the molecule is N#CN1C2=C3C=CC(=C2C2(C4=CCCCC4=C4CCCC=C42)N1c1ccc(Cl)cc1)C3. The fraction of sp³-hybridized carbons (Fsp3) is 0.296. The van der Waals surface area contributed by atoms with Gasteiger partial charge in [0, 0.05) is 17.0 Å². The summed E-state index contributed by atoms with van der Waals surface area (Å²) >= 11 is 6.26. The molecule has 1 aromatic carbocycles. The smallest absolute Gasteiger partial charge is 0.205 e. The maximum Gasteiger partial charge on any atom is 0.205 e. The molecule has 4 heteroatoms. The van der Waals surface area contributed by atoms with Gasteiger partial charge in [-0.05, 0) is 96.2 Å². The zero-order valence-corrected chi connectivity index (χ0v) is 18.0. The lowest BCUT2D eigenvalue weighted by Gasteiger charge is -2.43. The van der Waals surface area contributed by atoms with Crippen LogP contribution in [0.15, 0.2) is 93.3 Å². The van der Waals surface area contributed by atoms with Crippen LogP contribution in [-0.4, -0.2) is 10.5 Å². The van der Waals surface area contributed by atoms with Gasteiger partial charge in [0.25, 0.3) is 0 Å². The number of halogens is 1. The van der Waals surface area contributed by atoms with E-state index in [4.69, 9.17) is 11.6 Å². The number of benzene rings is 1. The number of hydrogen-bond donors (Lipinski definition) is 0. The van der Waals surface area contributed by atoms with E-state index in [1.54, 1.807) is 11.1 Å². The second-order valence-corrected chi connectivity index (χ2v) is 9.61. The standard InChI is InChI=1S/C27H22ClN3/c28-19-11-13-20(14-12-19)31-27(25-17-9-10-18(15-17)26(25)30(31)16-29)23-7-3-1-5-21(23)22-6-2-4-8-24(22)27/h7-14H,1-6,15H2. The zero-order chi connectivity index (χ0) is 20.7. The van der Waals surface area contributed by atoms with E-state index in [2.05, 4.69) is 47.6 Å². The van der Waals surface area contributed by atoms with Gasteiger partial charge in [0.05, 0.1) is 11.4 Å². The van der Waals surface area contributed by atoms with E-state index in [0.717, 1.165) is 43.5 Å². The minimum absolute atomic E-state index is 0.424. The van der Waals surface area contributed by atoms with Crippen molar-refractivity contribution in [2.24, 2.45) is 0 Å². The minimum atomic E-state index is -0.424. The molecule has 1 heterocycles. The number of nitrogens with zero attached hydrogens (tertiary/aromatic N) is 3. The molecule has 1 fully saturated rings. The summed E-state index contributed by atoms with van der Waals surface area (Å²) < 4.78 is 0. The van der Waals surface area contributed by atoms with Crippen LogP contribution in [-0.2, 0) is 0 Å². The van der Waals surface area contributed by atoms with Crippen LogP contribution in [0.5, 0.6) is 0 Å². The number of allylic oxidation sites excluding steroid dienone is 6. The second-order valence-electron chi connectivity index (χ2n) is 9.17. The van der Waals surface area contributed by atoms with Crippen LogP contribution >= 0.6 is 11.6 Å². The van der Waals surface area contributed by atoms with Crippen LogP contribution in [0.2, 0.25) is 5.02 Å². The molecule has 0 saturated carbocycles. The molecule has 1 saturated heterocycles. The Morgan fingerprint density at radius 1 is 0.903 bits per heavy atom. The largest absolute Gasteiger partial charge is 0.252 e. The van der Waals surface area contributed by atoms with Crippen molar-refractivity contribution in [1.82, 2.24) is 5.01 Å². The number of fused-ring (bicyclic) bond motifs is 8. The van der Waals surface area contributed by atoms with E-state index in [-0.39, 0.29) is 0 Å². The third-order valence-electron chi connectivity index (χ3n) is 7.74. The lowest BCUT2D eigenvalue weighted by Crippen LogP contribution is -2.51. The molecule has 6 aliphatic rings. The molecule has 152 valence electrons. The summed E-state index contributed by atoms with van der Waals surface area (Å²) in [6, 6.07) is 7.99. The summed E-state index contributed by atoms with van der Waals surface area (Å²) in [4.78, 5) is 0. The first-order valence-corrected chi connectivity index (χ1v) is 11.7. The number of rotatable bonds is 1. The molecule has 1 spiro atoms. The van der Waals surface area contributed by atoms with Gasteiger partial charge in [-0.3, -0.25) is 5.01 Å². The Balaban J connectivity index is 1.60. The highest BCUT2D eigenvalue weighted by molar-refractivity contribution is 6.30. The molecular weight excluding hydrogens is 402 g/mol. The predicted octanol–water partition coefficient (Wildman–Crippen LogP) is 6.65. The molecule has 1 aliphatic heterocycles. The van der Waals surface area contributed by atoms with Crippen LogP contribution in [0.3, 0.4) is 0 Å². The third kappa shape index (κ3) is 2.00. The second kappa shape index (κ2) is 6.05. The lowest BCUT2D eigenvalue weighted by atomic mass is 9.73. The molecule has 2 bridgehead atoms. The van der Waals surface area contributed by atoms with Crippen molar-refractivity contribution in [1.29, 1.82) is 5.26 Å². The molecule has 0 N–H and O–H groups in total. The minimum Gasteiger partial charge on any atom is -0.252 e. The first-order chi connectivity index (χ1) is 15.2. The first kappa shape index (κ1) is 17.7. The average molecular weight is 424 g/mol. The zero-order valence-electron chi connectivity index (χ0n) is 17.3. The Bertz CT molecular complexity index is 1240. The third-order valence-corrected chi connectivity index (χ3v) is 7.99. The fourth-order valence-corrected chi connectivity index (χ4v) is 6.85. The number of nitriles is 1. The monoisotopic (exact) mass is 423 g/mol. The van der Waals surface area contributed by atoms with Gasteiger partial charge >= 0.3 is 0 Å². The average Bonchev–Trinajstić information content (AvgIpc) is 3.55. The maximum atomic E-state index is 10.4. The van der Waals surface area contributed by atoms with Crippen molar-refractivity contribution in [2.45, 2.75) is 50.5 Å². The van der Waals surface area contributed by atoms with Gasteiger partial charge in [-0.2, -0.15) is 10.3 Å². The number of hydrazine groups is 1. The van der Waals surface area contributed by atoms with E-state index in [1.807, 2.05) is 17.1 Å². The molecular formula is C27H22ClN3. The summed E-state index contributed by atoms with van der Waals surface area (Å²) in [5.74, 6) is 0. The Labute approximate surface area is 187 Å². The molecule has 1 aromatic rings. The van der Waals surface area contributed by atoms with Crippen molar-refractivity contribution >= 4 is 17.3 Å². The molecule has 3 nitrogen and oxygen atoms in total. The van der Waals surface area contributed by atoms with E-state index < -0.39 is 5.54 Å². The normalized spacial score (nSPS) is 24.6. The van der Waals surface area contributed by atoms with Crippen molar-refractivity contribution in [3.05, 3.63) is 98.3 Å². The van der Waals surface area contributed by atoms with Crippen LogP contribution in [0.1, 0.15) is 44.9 Å². The Morgan fingerprint density at radius 3 is 2.19 bits per heavy atom.